The molecule has 0 aliphatic rings. The highest BCUT2D eigenvalue weighted by Crippen LogP contribution is 2.28. The van der Waals surface area contributed by atoms with E-state index in [1.165, 1.54) is 0 Å². The van der Waals surface area contributed by atoms with Gasteiger partial charge in [-0.15, -0.1) is 0 Å². The van der Waals surface area contributed by atoms with Crippen molar-refractivity contribution in [3.63, 3.8) is 0 Å². The van der Waals surface area contributed by atoms with Crippen LogP contribution in [0.15, 0.2) is 77.8 Å². The van der Waals surface area contributed by atoms with Crippen LogP contribution in [0, 0.1) is 0 Å². The van der Waals surface area contributed by atoms with Gasteiger partial charge in [0.2, 0.25) is 0 Å². The summed E-state index contributed by atoms with van der Waals surface area (Å²) < 4.78 is 30.2. The Kier molecular flexibility index (Phi) is 8.31. The van der Waals surface area contributed by atoms with E-state index in [2.05, 4.69) is 10.3 Å². The zero-order chi connectivity index (χ0) is 26.4. The number of aromatic amines is 1. The first kappa shape index (κ1) is 26.4. The Morgan fingerprint density at radius 2 is 1.78 bits per heavy atom. The summed E-state index contributed by atoms with van der Waals surface area (Å²) >= 11 is 0. The van der Waals surface area contributed by atoms with Crippen molar-refractivity contribution in [2.24, 2.45) is 0 Å². The molecule has 0 unspecified atom stereocenters. The quantitative estimate of drug-likeness (QED) is 0.257. The smallest absolute Gasteiger partial charge is 0.255 e. The van der Waals surface area contributed by atoms with Crippen LogP contribution in [0.25, 0.3) is 22.0 Å². The summed E-state index contributed by atoms with van der Waals surface area (Å²) in [5.74, 6) is 0.138. The van der Waals surface area contributed by atoms with E-state index in [4.69, 9.17) is 4.74 Å². The summed E-state index contributed by atoms with van der Waals surface area (Å²) in [6, 6.07) is 19.4. The molecule has 196 valence electrons. The van der Waals surface area contributed by atoms with Crippen molar-refractivity contribution < 1.29 is 24.5 Å². The predicted octanol–water partition coefficient (Wildman–Crippen LogP) is 5.00. The van der Waals surface area contributed by atoms with Gasteiger partial charge in [-0.3, -0.25) is 4.79 Å². The van der Waals surface area contributed by atoms with Gasteiger partial charge in [0.25, 0.3) is 5.91 Å². The molecule has 0 bridgehead atoms. The van der Waals surface area contributed by atoms with Crippen LogP contribution in [0.3, 0.4) is 0 Å². The van der Waals surface area contributed by atoms with Gasteiger partial charge >= 0.3 is 0 Å². The molecule has 3 aromatic carbocycles. The highest BCUT2D eigenvalue weighted by atomic mass is 32.2. The van der Waals surface area contributed by atoms with Gasteiger partial charge < -0.3 is 20.1 Å². The van der Waals surface area contributed by atoms with Crippen LogP contribution in [-0.4, -0.2) is 49.4 Å². The molecule has 4 rings (SSSR count). The van der Waals surface area contributed by atoms with E-state index in [1.54, 1.807) is 43.3 Å². The Hall–Kier alpha value is -3.62. The van der Waals surface area contributed by atoms with Gasteiger partial charge in [-0.1, -0.05) is 50.2 Å². The molecule has 7 nitrogen and oxygen atoms in total. The van der Waals surface area contributed by atoms with Crippen molar-refractivity contribution in [3.8, 4) is 16.9 Å². The number of ether oxygens (including phenoxy) is 1. The van der Waals surface area contributed by atoms with Crippen LogP contribution in [0.2, 0.25) is 0 Å². The summed E-state index contributed by atoms with van der Waals surface area (Å²) in [5, 5.41) is 14.1. The lowest BCUT2D eigenvalue weighted by molar-refractivity contribution is 0.0912. The normalized spacial score (nSPS) is 12.4. The van der Waals surface area contributed by atoms with Crippen LogP contribution < -0.4 is 10.1 Å². The third-order valence-electron chi connectivity index (χ3n) is 6.31. The van der Waals surface area contributed by atoms with Crippen molar-refractivity contribution in [3.05, 3.63) is 84.1 Å². The topological polar surface area (TPSA) is 108 Å². The summed E-state index contributed by atoms with van der Waals surface area (Å²) in [6.45, 7) is 3.84. The van der Waals surface area contributed by atoms with Gasteiger partial charge in [-0.2, -0.15) is 0 Å². The fraction of sp³-hybridized carbons (Fsp3) is 0.276. The average molecular weight is 523 g/mol. The molecule has 0 saturated carbocycles. The van der Waals surface area contributed by atoms with Crippen molar-refractivity contribution >= 4 is 26.6 Å². The third-order valence-corrected chi connectivity index (χ3v) is 8.06. The zero-order valence-electron chi connectivity index (χ0n) is 21.0. The largest absolute Gasteiger partial charge is 0.493 e. The predicted molar refractivity (Wildman–Crippen MR) is 148 cm³/mol. The number of amides is 1. The van der Waals surface area contributed by atoms with Gasteiger partial charge in [0.05, 0.1) is 35.5 Å². The average Bonchev–Trinajstić information content (AvgIpc) is 3.34. The molecule has 8 heteroatoms. The fourth-order valence-corrected chi connectivity index (χ4v) is 5.12. The molecule has 0 saturated heterocycles. The molecule has 0 spiro atoms. The van der Waals surface area contributed by atoms with Gasteiger partial charge in [-0.25, -0.2) is 8.42 Å². The molecule has 4 aromatic rings. The monoisotopic (exact) mass is 522 g/mol. The number of rotatable bonds is 11. The SMILES string of the molecule is CCCOc1ccc(-c2ccc(S(=O)(=O)CC)cc2)cc1C(=O)N[C@@H](CO)Cc1c[nH]c2ccccc12.[HH]. The molecule has 1 aromatic heterocycles. The Morgan fingerprint density at radius 1 is 1.05 bits per heavy atom. The second-order valence-corrected chi connectivity index (χ2v) is 11.2. The second kappa shape index (κ2) is 11.6. The first-order valence-corrected chi connectivity index (χ1v) is 14.1. The Labute approximate surface area is 218 Å². The van der Waals surface area contributed by atoms with Gasteiger partial charge in [0, 0.05) is 18.5 Å². The minimum atomic E-state index is -3.30. The molecule has 37 heavy (non-hydrogen) atoms. The van der Waals surface area contributed by atoms with E-state index in [9.17, 15) is 18.3 Å². The molecule has 3 N–H and O–H groups in total. The minimum Gasteiger partial charge on any atom is -0.493 e. The van der Waals surface area contributed by atoms with E-state index >= 15 is 0 Å². The highest BCUT2D eigenvalue weighted by Gasteiger charge is 2.20. The Balaban J connectivity index is 0.00000400. The summed E-state index contributed by atoms with van der Waals surface area (Å²) in [4.78, 5) is 16.9. The number of aromatic nitrogens is 1. The summed E-state index contributed by atoms with van der Waals surface area (Å²) in [5.41, 5.74) is 3.90. The molecule has 0 radical (unpaired) electrons. The second-order valence-electron chi connectivity index (χ2n) is 8.90. The number of nitrogens with one attached hydrogen (secondary N) is 2. The lowest BCUT2D eigenvalue weighted by atomic mass is 10.0. The van der Waals surface area contributed by atoms with E-state index in [0.29, 0.717) is 24.3 Å². The first-order chi connectivity index (χ1) is 17.9. The van der Waals surface area contributed by atoms with E-state index in [0.717, 1.165) is 34.0 Å². The van der Waals surface area contributed by atoms with Gasteiger partial charge in [0.1, 0.15) is 5.75 Å². The number of aliphatic hydroxyl groups excluding tert-OH is 1. The Bertz CT molecular complexity index is 1480. The lowest BCUT2D eigenvalue weighted by Gasteiger charge is -2.18. The number of benzene rings is 3. The molecule has 0 aliphatic carbocycles. The van der Waals surface area contributed by atoms with Crippen LogP contribution in [0.4, 0.5) is 0 Å². The van der Waals surface area contributed by atoms with E-state index < -0.39 is 15.9 Å². The van der Waals surface area contributed by atoms with Crippen molar-refractivity contribution in [1.82, 2.24) is 10.3 Å². The zero-order valence-corrected chi connectivity index (χ0v) is 21.8. The number of hydrogen-bond acceptors (Lipinski definition) is 5. The number of H-pyrrole nitrogens is 1. The number of hydrogen-bond donors (Lipinski definition) is 3. The van der Waals surface area contributed by atoms with Crippen LogP contribution >= 0.6 is 0 Å². The van der Waals surface area contributed by atoms with E-state index in [1.807, 2.05) is 43.5 Å². The molecule has 1 atom stereocenters. The number of fused-ring (bicyclic) bond motifs is 1. The van der Waals surface area contributed by atoms with Crippen LogP contribution in [-0.2, 0) is 16.3 Å². The summed E-state index contributed by atoms with van der Waals surface area (Å²) in [6.07, 6.45) is 3.15. The molecular weight excluding hydrogens is 488 g/mol. The van der Waals surface area contributed by atoms with E-state index in [-0.39, 0.29) is 24.6 Å². The van der Waals surface area contributed by atoms with Crippen LogP contribution in [0.1, 0.15) is 37.6 Å². The molecule has 1 heterocycles. The summed E-state index contributed by atoms with van der Waals surface area (Å²) in [7, 11) is -3.30. The number of carbonyl (C=O) groups is 1. The lowest BCUT2D eigenvalue weighted by Crippen LogP contribution is -2.39. The molecule has 0 fully saturated rings. The minimum absolute atomic E-state index is 0. The number of para-hydroxylation sites is 1. The number of carbonyl (C=O) groups excluding carboxylic acids is 1. The van der Waals surface area contributed by atoms with Crippen molar-refractivity contribution in [2.75, 3.05) is 19.0 Å². The molecular formula is C29H34N2O5S. The molecule has 0 aliphatic heterocycles. The first-order valence-electron chi connectivity index (χ1n) is 12.4. The van der Waals surface area contributed by atoms with Gasteiger partial charge in [-0.05, 0) is 59.9 Å². The Morgan fingerprint density at radius 3 is 2.49 bits per heavy atom. The van der Waals surface area contributed by atoms with Crippen molar-refractivity contribution in [1.29, 1.82) is 0 Å². The number of aliphatic hydroxyl groups is 1. The maximum absolute atomic E-state index is 13.4. The van der Waals surface area contributed by atoms with Crippen LogP contribution in [0.5, 0.6) is 5.75 Å². The maximum atomic E-state index is 13.4. The third kappa shape index (κ3) is 6.03. The maximum Gasteiger partial charge on any atom is 0.255 e. The standard InChI is InChI=1S/C29H32N2O5S.H2/c1-3-15-36-28-14-11-21(20-9-12-24(13-10-20)37(34,35)4-2)17-26(28)29(33)31-23(19-32)16-22-18-30-27-8-6-5-7-25(22)27;/h5-14,17-18,23,30,32H,3-4,15-16,19H2,1-2H3,(H,31,33);1H/t23-;/m1./s1. The molecule has 1 amide bonds. The fourth-order valence-electron chi connectivity index (χ4n) is 4.24. The van der Waals surface area contributed by atoms with Gasteiger partial charge in [0.15, 0.2) is 9.84 Å². The highest BCUT2D eigenvalue weighted by molar-refractivity contribution is 7.91. The number of sulfone groups is 1. The van der Waals surface area contributed by atoms with Crippen molar-refractivity contribution in [2.45, 2.75) is 37.6 Å².